The van der Waals surface area contributed by atoms with Gasteiger partial charge in [-0.25, -0.2) is 0 Å². The van der Waals surface area contributed by atoms with Crippen LogP contribution in [0.1, 0.15) is 34.2 Å². The van der Waals surface area contributed by atoms with Crippen LogP contribution in [0.5, 0.6) is 0 Å². The SMILES string of the molecule is CC(=O)c1cc(C)n(-c2ccccc2C(F)(F)F)c1C. The van der Waals surface area contributed by atoms with Crippen molar-refractivity contribution in [2.24, 2.45) is 0 Å². The number of aromatic nitrogens is 1. The molecule has 0 unspecified atom stereocenters. The largest absolute Gasteiger partial charge is 0.418 e. The summed E-state index contributed by atoms with van der Waals surface area (Å²) in [5.41, 5.74) is 0.898. The highest BCUT2D eigenvalue weighted by Crippen LogP contribution is 2.35. The topological polar surface area (TPSA) is 22.0 Å². The van der Waals surface area contributed by atoms with Gasteiger partial charge in [0, 0.05) is 17.0 Å². The number of carbonyl (C=O) groups is 1. The van der Waals surface area contributed by atoms with Crippen LogP contribution in [0.4, 0.5) is 13.2 Å². The number of ketones is 1. The number of para-hydroxylation sites is 1. The van der Waals surface area contributed by atoms with Gasteiger partial charge in [0.25, 0.3) is 0 Å². The fourth-order valence-corrected chi connectivity index (χ4v) is 2.40. The molecule has 20 heavy (non-hydrogen) atoms. The predicted molar refractivity (Wildman–Crippen MR) is 70.2 cm³/mol. The van der Waals surface area contributed by atoms with E-state index in [9.17, 15) is 18.0 Å². The molecule has 106 valence electrons. The van der Waals surface area contributed by atoms with E-state index in [2.05, 4.69) is 0 Å². The summed E-state index contributed by atoms with van der Waals surface area (Å²) in [5, 5.41) is 0. The zero-order valence-corrected chi connectivity index (χ0v) is 11.4. The van der Waals surface area contributed by atoms with Crippen molar-refractivity contribution >= 4 is 5.78 Å². The Kier molecular flexibility index (Phi) is 3.46. The molecule has 0 radical (unpaired) electrons. The standard InChI is InChI=1S/C15H14F3NO/c1-9-8-12(11(3)20)10(2)19(9)14-7-5-4-6-13(14)15(16,17)18/h4-8H,1-3H3. The summed E-state index contributed by atoms with van der Waals surface area (Å²) in [6, 6.07) is 6.97. The quantitative estimate of drug-likeness (QED) is 0.752. The number of benzene rings is 1. The van der Waals surface area contributed by atoms with Gasteiger partial charge >= 0.3 is 6.18 Å². The average molecular weight is 281 g/mol. The highest BCUT2D eigenvalue weighted by atomic mass is 19.4. The fraction of sp³-hybridized carbons (Fsp3) is 0.267. The second-order valence-electron chi connectivity index (χ2n) is 4.69. The average Bonchev–Trinajstić information content (AvgIpc) is 2.64. The lowest BCUT2D eigenvalue weighted by Crippen LogP contribution is -2.12. The molecule has 0 aliphatic heterocycles. The maximum Gasteiger partial charge on any atom is 0.418 e. The van der Waals surface area contributed by atoms with E-state index < -0.39 is 11.7 Å². The number of aryl methyl sites for hydroxylation is 1. The molecule has 0 bridgehead atoms. The molecule has 1 aromatic carbocycles. The van der Waals surface area contributed by atoms with Crippen molar-refractivity contribution in [1.82, 2.24) is 4.57 Å². The molecule has 0 atom stereocenters. The second kappa shape index (κ2) is 4.81. The Hall–Kier alpha value is -2.04. The molecule has 0 fully saturated rings. The molecule has 1 heterocycles. The maximum atomic E-state index is 13.1. The van der Waals surface area contributed by atoms with Crippen molar-refractivity contribution in [3.05, 3.63) is 52.8 Å². The van der Waals surface area contributed by atoms with Crippen LogP contribution in [0.2, 0.25) is 0 Å². The third-order valence-corrected chi connectivity index (χ3v) is 3.26. The van der Waals surface area contributed by atoms with Gasteiger partial charge in [-0.15, -0.1) is 0 Å². The Morgan fingerprint density at radius 3 is 2.25 bits per heavy atom. The first-order valence-electron chi connectivity index (χ1n) is 6.10. The first kappa shape index (κ1) is 14.4. The van der Waals surface area contributed by atoms with Gasteiger partial charge in [0.05, 0.1) is 11.3 Å². The summed E-state index contributed by atoms with van der Waals surface area (Å²) in [4.78, 5) is 11.5. The molecule has 0 amide bonds. The Labute approximate surface area is 114 Å². The Morgan fingerprint density at radius 1 is 1.15 bits per heavy atom. The van der Waals surface area contributed by atoms with Gasteiger partial charge in [-0.05, 0) is 39.0 Å². The van der Waals surface area contributed by atoms with Crippen LogP contribution in [0, 0.1) is 13.8 Å². The van der Waals surface area contributed by atoms with Gasteiger partial charge in [0.2, 0.25) is 0 Å². The summed E-state index contributed by atoms with van der Waals surface area (Å²) in [6.45, 7) is 4.74. The second-order valence-corrected chi connectivity index (χ2v) is 4.69. The minimum absolute atomic E-state index is 0.0440. The van der Waals surface area contributed by atoms with Crippen LogP contribution in [0.3, 0.4) is 0 Å². The van der Waals surface area contributed by atoms with Crippen molar-refractivity contribution < 1.29 is 18.0 Å². The third kappa shape index (κ3) is 2.35. The minimum atomic E-state index is -4.43. The van der Waals surface area contributed by atoms with E-state index in [1.807, 2.05) is 0 Å². The van der Waals surface area contributed by atoms with Gasteiger partial charge in [0.15, 0.2) is 5.78 Å². The van der Waals surface area contributed by atoms with Crippen LogP contribution < -0.4 is 0 Å². The van der Waals surface area contributed by atoms with Crippen molar-refractivity contribution in [2.75, 3.05) is 0 Å². The van der Waals surface area contributed by atoms with E-state index in [1.54, 1.807) is 26.0 Å². The molecular weight excluding hydrogens is 267 g/mol. The Balaban J connectivity index is 2.73. The molecule has 2 aromatic rings. The van der Waals surface area contributed by atoms with Gasteiger partial charge in [-0.2, -0.15) is 13.2 Å². The number of rotatable bonds is 2. The van der Waals surface area contributed by atoms with Crippen molar-refractivity contribution in [3.63, 3.8) is 0 Å². The van der Waals surface area contributed by atoms with Crippen molar-refractivity contribution in [2.45, 2.75) is 26.9 Å². The number of alkyl halides is 3. The number of hydrogen-bond donors (Lipinski definition) is 0. The number of halogens is 3. The number of hydrogen-bond acceptors (Lipinski definition) is 1. The highest BCUT2D eigenvalue weighted by molar-refractivity contribution is 5.95. The Bertz CT molecular complexity index is 668. The maximum absolute atomic E-state index is 13.1. The van der Waals surface area contributed by atoms with E-state index in [0.29, 0.717) is 17.0 Å². The monoisotopic (exact) mass is 281 g/mol. The molecular formula is C15H14F3NO. The minimum Gasteiger partial charge on any atom is -0.317 e. The molecule has 2 nitrogen and oxygen atoms in total. The lowest BCUT2D eigenvalue weighted by molar-refractivity contribution is -0.137. The summed E-state index contributed by atoms with van der Waals surface area (Å²) in [7, 11) is 0. The van der Waals surface area contributed by atoms with E-state index in [-0.39, 0.29) is 11.5 Å². The normalized spacial score (nSPS) is 11.7. The Morgan fingerprint density at radius 2 is 1.75 bits per heavy atom. The van der Waals surface area contributed by atoms with Crippen molar-refractivity contribution in [3.8, 4) is 5.69 Å². The van der Waals surface area contributed by atoms with Gasteiger partial charge in [0.1, 0.15) is 0 Å². The van der Waals surface area contributed by atoms with Crippen LogP contribution in [0.15, 0.2) is 30.3 Å². The molecule has 0 saturated heterocycles. The zero-order chi connectivity index (χ0) is 15.1. The summed E-state index contributed by atoms with van der Waals surface area (Å²) < 4.78 is 40.7. The first-order valence-corrected chi connectivity index (χ1v) is 6.10. The molecule has 0 aliphatic carbocycles. The van der Waals surface area contributed by atoms with E-state index in [1.165, 1.54) is 23.6 Å². The van der Waals surface area contributed by atoms with Crippen LogP contribution in [-0.2, 0) is 6.18 Å². The smallest absolute Gasteiger partial charge is 0.317 e. The van der Waals surface area contributed by atoms with Gasteiger partial charge in [-0.3, -0.25) is 4.79 Å². The van der Waals surface area contributed by atoms with E-state index in [4.69, 9.17) is 0 Å². The summed E-state index contributed by atoms with van der Waals surface area (Å²) in [5.74, 6) is -0.158. The van der Waals surface area contributed by atoms with Crippen LogP contribution in [-0.4, -0.2) is 10.4 Å². The summed E-state index contributed by atoms with van der Waals surface area (Å²) >= 11 is 0. The lowest BCUT2D eigenvalue weighted by Gasteiger charge is -2.16. The molecule has 0 saturated carbocycles. The van der Waals surface area contributed by atoms with Crippen LogP contribution >= 0.6 is 0 Å². The highest BCUT2D eigenvalue weighted by Gasteiger charge is 2.34. The fourth-order valence-electron chi connectivity index (χ4n) is 2.40. The molecule has 0 spiro atoms. The lowest BCUT2D eigenvalue weighted by atomic mass is 10.1. The van der Waals surface area contributed by atoms with E-state index in [0.717, 1.165) is 6.07 Å². The molecule has 5 heteroatoms. The van der Waals surface area contributed by atoms with Gasteiger partial charge < -0.3 is 4.57 Å². The number of nitrogens with zero attached hydrogens (tertiary/aromatic N) is 1. The molecule has 2 rings (SSSR count). The van der Waals surface area contributed by atoms with E-state index >= 15 is 0 Å². The molecule has 0 aliphatic rings. The molecule has 0 N–H and O–H groups in total. The predicted octanol–water partition coefficient (Wildman–Crippen LogP) is 4.32. The third-order valence-electron chi connectivity index (χ3n) is 3.26. The zero-order valence-electron chi connectivity index (χ0n) is 11.4. The molecule has 1 aromatic heterocycles. The number of Topliss-reactive ketones (excluding diaryl/α,β-unsaturated/α-hetero) is 1. The number of carbonyl (C=O) groups excluding carboxylic acids is 1. The summed E-state index contributed by atoms with van der Waals surface area (Å²) in [6.07, 6.45) is -4.43. The van der Waals surface area contributed by atoms with Gasteiger partial charge in [-0.1, -0.05) is 12.1 Å². The van der Waals surface area contributed by atoms with Crippen molar-refractivity contribution in [1.29, 1.82) is 0 Å². The first-order chi connectivity index (χ1) is 9.23. The van der Waals surface area contributed by atoms with Crippen LogP contribution in [0.25, 0.3) is 5.69 Å².